The molecule has 0 aliphatic carbocycles. The van der Waals surface area contributed by atoms with Crippen molar-refractivity contribution in [2.24, 2.45) is 10.8 Å². The molecule has 0 heterocycles. The first-order valence-corrected chi connectivity index (χ1v) is 5.26. The highest BCUT2D eigenvalue weighted by atomic mass is 15.3. The van der Waals surface area contributed by atoms with E-state index in [0.717, 1.165) is 23.2 Å². The Morgan fingerprint density at radius 3 is 2.82 bits per heavy atom. The molecule has 0 radical (unpaired) electrons. The molecule has 1 aromatic carbocycles. The first-order chi connectivity index (χ1) is 8.10. The first kappa shape index (κ1) is 12.7. The predicted octanol–water partition coefficient (Wildman–Crippen LogP) is 1.78. The minimum Gasteiger partial charge on any atom is -0.382 e. The Hall–Kier alpha value is -2.35. The number of rotatable bonds is 4. The van der Waals surface area contributed by atoms with Crippen LogP contribution in [0.15, 0.2) is 23.3 Å². The lowest BCUT2D eigenvalue weighted by molar-refractivity contribution is 1.12. The van der Waals surface area contributed by atoms with Gasteiger partial charge in [-0.2, -0.15) is 10.4 Å². The molecule has 0 atom stereocenters. The van der Waals surface area contributed by atoms with E-state index in [1.807, 2.05) is 32.0 Å². The molecule has 0 bridgehead atoms. The van der Waals surface area contributed by atoms with Gasteiger partial charge in [-0.25, -0.2) is 0 Å². The number of para-hydroxylation sites is 1. The number of hydrogen-bond donors (Lipinski definition) is 3. The van der Waals surface area contributed by atoms with Crippen molar-refractivity contribution in [1.29, 1.82) is 10.7 Å². The largest absolute Gasteiger partial charge is 0.382 e. The molecular weight excluding hydrogens is 214 g/mol. The summed E-state index contributed by atoms with van der Waals surface area (Å²) in [6.45, 7) is 4.00. The van der Waals surface area contributed by atoms with Crippen molar-refractivity contribution in [2.75, 3.05) is 5.43 Å². The van der Waals surface area contributed by atoms with Gasteiger partial charge in [0.1, 0.15) is 6.07 Å². The Kier molecular flexibility index (Phi) is 4.23. The lowest BCUT2D eigenvalue weighted by atomic mass is 10.1. The second-order valence-corrected chi connectivity index (χ2v) is 3.56. The van der Waals surface area contributed by atoms with E-state index >= 15 is 0 Å². The van der Waals surface area contributed by atoms with E-state index in [9.17, 15) is 0 Å². The molecular formula is C12H15N5. The van der Waals surface area contributed by atoms with Crippen LogP contribution in [0, 0.1) is 23.7 Å². The van der Waals surface area contributed by atoms with Crippen LogP contribution in [0.25, 0.3) is 0 Å². The number of nitrogens with zero attached hydrogens (tertiary/aromatic N) is 2. The van der Waals surface area contributed by atoms with Gasteiger partial charge in [-0.05, 0) is 24.5 Å². The van der Waals surface area contributed by atoms with Crippen LogP contribution in [0.1, 0.15) is 18.1 Å². The van der Waals surface area contributed by atoms with Crippen molar-refractivity contribution < 1.29 is 0 Å². The summed E-state index contributed by atoms with van der Waals surface area (Å²) in [6, 6.07) is 7.68. The van der Waals surface area contributed by atoms with Crippen LogP contribution in [0.5, 0.6) is 0 Å². The molecule has 0 saturated carbocycles. The number of hydrazone groups is 1. The molecule has 5 nitrogen and oxygen atoms in total. The zero-order valence-electron chi connectivity index (χ0n) is 9.91. The van der Waals surface area contributed by atoms with Crippen LogP contribution in [-0.2, 0) is 6.42 Å². The minimum atomic E-state index is -0.341. The van der Waals surface area contributed by atoms with Gasteiger partial charge in [-0.3, -0.25) is 10.8 Å². The molecule has 0 fully saturated rings. The molecule has 0 aliphatic heterocycles. The van der Waals surface area contributed by atoms with Gasteiger partial charge in [-0.1, -0.05) is 25.1 Å². The summed E-state index contributed by atoms with van der Waals surface area (Å²) in [6.07, 6.45) is 0.863. The van der Waals surface area contributed by atoms with Gasteiger partial charge in [-0.15, -0.1) is 0 Å². The lowest BCUT2D eigenvalue weighted by Crippen LogP contribution is -2.22. The summed E-state index contributed by atoms with van der Waals surface area (Å²) in [7, 11) is 0. The zero-order chi connectivity index (χ0) is 12.8. The van der Waals surface area contributed by atoms with Crippen molar-refractivity contribution in [3.05, 3.63) is 29.3 Å². The zero-order valence-corrected chi connectivity index (χ0v) is 9.91. The minimum absolute atomic E-state index is 0.115. The van der Waals surface area contributed by atoms with Crippen LogP contribution in [0.2, 0.25) is 0 Å². The molecule has 0 saturated heterocycles. The van der Waals surface area contributed by atoms with E-state index in [4.69, 9.17) is 16.4 Å². The van der Waals surface area contributed by atoms with E-state index < -0.39 is 0 Å². The predicted molar refractivity (Wildman–Crippen MR) is 69.1 cm³/mol. The second kappa shape index (κ2) is 5.66. The number of amidine groups is 1. The quantitative estimate of drug-likeness (QED) is 0.417. The maximum Gasteiger partial charge on any atom is 0.201 e. The van der Waals surface area contributed by atoms with E-state index in [2.05, 4.69) is 10.5 Å². The third-order valence-electron chi connectivity index (χ3n) is 2.38. The average molecular weight is 229 g/mol. The summed E-state index contributed by atoms with van der Waals surface area (Å²) < 4.78 is 0. The van der Waals surface area contributed by atoms with Crippen molar-refractivity contribution in [1.82, 2.24) is 0 Å². The maximum absolute atomic E-state index is 8.73. The summed E-state index contributed by atoms with van der Waals surface area (Å²) in [5, 5.41) is 19.7. The highest BCUT2D eigenvalue weighted by Crippen LogP contribution is 2.20. The molecule has 4 N–H and O–H groups in total. The SMILES string of the molecule is CCc1cccc(C)c1N/N=C(\C#N)C(=N)N. The number of anilines is 1. The van der Waals surface area contributed by atoms with E-state index in [-0.39, 0.29) is 11.5 Å². The number of benzene rings is 1. The fraction of sp³-hybridized carbons (Fsp3) is 0.250. The Morgan fingerprint density at radius 1 is 1.59 bits per heavy atom. The first-order valence-electron chi connectivity index (χ1n) is 5.26. The maximum atomic E-state index is 8.73. The van der Waals surface area contributed by atoms with Crippen LogP contribution in [-0.4, -0.2) is 11.5 Å². The van der Waals surface area contributed by atoms with Gasteiger partial charge >= 0.3 is 0 Å². The Labute approximate surface area is 100 Å². The normalized spacial score (nSPS) is 10.8. The smallest absolute Gasteiger partial charge is 0.201 e. The molecule has 0 aromatic heterocycles. The van der Waals surface area contributed by atoms with Crippen LogP contribution < -0.4 is 11.2 Å². The van der Waals surface area contributed by atoms with Gasteiger partial charge in [0.2, 0.25) is 5.71 Å². The molecule has 0 aliphatic rings. The molecule has 5 heteroatoms. The third kappa shape index (κ3) is 3.05. The van der Waals surface area contributed by atoms with E-state index in [0.29, 0.717) is 0 Å². The molecule has 88 valence electrons. The van der Waals surface area contributed by atoms with Gasteiger partial charge in [0.15, 0.2) is 5.84 Å². The van der Waals surface area contributed by atoms with Crippen molar-refractivity contribution in [3.8, 4) is 6.07 Å². The molecule has 0 amide bonds. The summed E-state index contributed by atoms with van der Waals surface area (Å²) in [4.78, 5) is 0. The summed E-state index contributed by atoms with van der Waals surface area (Å²) in [5.74, 6) is -0.341. The van der Waals surface area contributed by atoms with Crippen LogP contribution in [0.3, 0.4) is 0 Å². The third-order valence-corrected chi connectivity index (χ3v) is 2.38. The van der Waals surface area contributed by atoms with Gasteiger partial charge in [0, 0.05) is 0 Å². The lowest BCUT2D eigenvalue weighted by Gasteiger charge is -2.10. The molecule has 0 unspecified atom stereocenters. The van der Waals surface area contributed by atoms with Crippen molar-refractivity contribution in [2.45, 2.75) is 20.3 Å². The van der Waals surface area contributed by atoms with Gasteiger partial charge < -0.3 is 5.73 Å². The molecule has 1 aromatic rings. The Balaban J connectivity index is 3.04. The monoisotopic (exact) mass is 229 g/mol. The fourth-order valence-electron chi connectivity index (χ4n) is 1.44. The highest BCUT2D eigenvalue weighted by Gasteiger charge is 2.05. The molecule has 1 rings (SSSR count). The topological polar surface area (TPSA) is 98.0 Å². The second-order valence-electron chi connectivity index (χ2n) is 3.56. The van der Waals surface area contributed by atoms with Crippen LogP contribution in [0.4, 0.5) is 5.69 Å². The average Bonchev–Trinajstić information content (AvgIpc) is 2.31. The number of nitrogens with one attached hydrogen (secondary N) is 2. The standard InChI is InChI=1S/C12H15N5/c1-3-9-6-4-5-8(2)11(9)17-16-10(7-13)12(14)15/h4-6,17H,3H2,1-2H3,(H3,14,15)/b16-10+. The van der Waals surface area contributed by atoms with E-state index in [1.165, 1.54) is 0 Å². The van der Waals surface area contributed by atoms with Crippen LogP contribution >= 0.6 is 0 Å². The van der Waals surface area contributed by atoms with Crippen molar-refractivity contribution >= 4 is 17.2 Å². The van der Waals surface area contributed by atoms with Crippen molar-refractivity contribution in [3.63, 3.8) is 0 Å². The number of aryl methyl sites for hydroxylation is 2. The summed E-state index contributed by atoms with van der Waals surface area (Å²) >= 11 is 0. The number of nitriles is 1. The number of hydrogen-bond acceptors (Lipinski definition) is 4. The molecule has 17 heavy (non-hydrogen) atoms. The number of nitrogens with two attached hydrogens (primary N) is 1. The highest BCUT2D eigenvalue weighted by molar-refractivity contribution is 6.45. The summed E-state index contributed by atoms with van der Waals surface area (Å²) in [5.41, 5.74) is 10.9. The van der Waals surface area contributed by atoms with Gasteiger partial charge in [0.05, 0.1) is 5.69 Å². The fourth-order valence-corrected chi connectivity index (χ4v) is 1.44. The Bertz CT molecular complexity index is 496. The van der Waals surface area contributed by atoms with Gasteiger partial charge in [0.25, 0.3) is 0 Å². The molecule has 0 spiro atoms. The Morgan fingerprint density at radius 2 is 2.29 bits per heavy atom. The van der Waals surface area contributed by atoms with E-state index in [1.54, 1.807) is 6.07 Å².